The third-order valence-corrected chi connectivity index (χ3v) is 25.7. The van der Waals surface area contributed by atoms with Crippen LogP contribution in [0.2, 0.25) is 0 Å². The van der Waals surface area contributed by atoms with Crippen molar-refractivity contribution in [2.24, 2.45) is 85.0 Å². The molecular formula is C86H109FN22O14S2. The highest BCUT2D eigenvalue weighted by molar-refractivity contribution is 8.00. The van der Waals surface area contributed by atoms with Crippen LogP contribution in [-0.4, -0.2) is 214 Å². The van der Waals surface area contributed by atoms with Gasteiger partial charge in [0.1, 0.15) is 45.5 Å². The zero-order valence-electron chi connectivity index (χ0n) is 72.0. The molecule has 3 fully saturated rings. The summed E-state index contributed by atoms with van der Waals surface area (Å²) >= 11 is 6.89. The number of aromatic nitrogens is 9. The van der Waals surface area contributed by atoms with E-state index >= 15 is 4.39 Å². The zero-order chi connectivity index (χ0) is 90.3. The second-order valence-electron chi connectivity index (χ2n) is 33.3. The Hall–Kier alpha value is -12.5. The molecule has 3 saturated carbocycles. The number of carbonyl (C=O) groups excluding carboxylic acids is 12. The summed E-state index contributed by atoms with van der Waals surface area (Å²) in [5.41, 5.74) is -1.53. The van der Waals surface area contributed by atoms with Crippen LogP contribution in [0.25, 0.3) is 0 Å². The van der Waals surface area contributed by atoms with Gasteiger partial charge in [0, 0.05) is 180 Å². The molecule has 0 spiro atoms. The maximum absolute atomic E-state index is 17.6. The molecule has 8 aromatic rings. The lowest BCUT2D eigenvalue weighted by atomic mass is 9.44. The second-order valence-corrected chi connectivity index (χ2v) is 34.8. The van der Waals surface area contributed by atoms with Crippen molar-refractivity contribution in [2.75, 3.05) is 102 Å². The summed E-state index contributed by atoms with van der Waals surface area (Å²) in [6.45, 7) is 8.68. The number of fused-ring (bicyclic) bond motifs is 5. The van der Waals surface area contributed by atoms with Gasteiger partial charge in [-0.3, -0.25) is 57.5 Å². The Morgan fingerprint density at radius 1 is 0.528 bits per heavy atom. The minimum atomic E-state index is -2.04. The largest absolute Gasteiger partial charge is 0.390 e. The predicted octanol–water partition coefficient (Wildman–Crippen LogP) is 6.51. The molecule has 8 atom stereocenters. The summed E-state index contributed by atoms with van der Waals surface area (Å²) < 4.78 is 29.9. The van der Waals surface area contributed by atoms with E-state index in [4.69, 9.17) is 12.2 Å². The SMILES string of the molecule is C[C@@H]1C[C@H]2[C@@H]3CCC4=CC(=O)C=C[C@]4(C)[C@@]3(F)[C@@H](O)C[C@]2(C)[C@@]1(O)C(=O)CSCCNC(=S)NCCCN(C)CCCNC(=O)CCNC(=O)c1cc(NC(=O)c2cc(NC(=O)c3cc(NC(=O)c4cc(NC(=O)CCCNC(=O)c5cc(NC(=O)c6cc(NC(=O)c7cc(NC(=O)c8nccn8C)cn7C)cn6C)cn5C)cn4C)cn3C)cn2C)cn1C. The summed E-state index contributed by atoms with van der Waals surface area (Å²) in [6.07, 6.45) is 20.3. The fraction of sp³-hybridized carbons (Fsp3) is 0.442. The molecule has 4 aliphatic rings. The molecule has 666 valence electrons. The van der Waals surface area contributed by atoms with Crippen LogP contribution >= 0.6 is 24.0 Å². The van der Waals surface area contributed by atoms with Crippen LogP contribution in [0, 0.1) is 28.6 Å². The van der Waals surface area contributed by atoms with E-state index in [1.807, 2.05) is 20.9 Å². The molecule has 8 heterocycles. The van der Waals surface area contributed by atoms with Crippen LogP contribution in [0.15, 0.2) is 122 Å². The fourth-order valence-electron chi connectivity index (χ4n) is 17.9. The highest BCUT2D eigenvalue weighted by Crippen LogP contribution is 2.71. The number of thiocarbonyl (C=S) groups is 1. The molecule has 125 heavy (non-hydrogen) atoms. The Bertz CT molecular complexity index is 5600. The normalized spacial score (nSPS) is 20.4. The molecule has 10 amide bonds. The summed E-state index contributed by atoms with van der Waals surface area (Å²) in [4.78, 5) is 165. The van der Waals surface area contributed by atoms with Crippen molar-refractivity contribution in [3.63, 3.8) is 0 Å². The number of nitrogens with zero attached hydrogens (tertiary/aromatic N) is 10. The molecule has 36 nitrogen and oxygen atoms in total. The molecule has 0 bridgehead atoms. The van der Waals surface area contributed by atoms with E-state index in [0.717, 1.165) is 19.5 Å². The zero-order valence-corrected chi connectivity index (χ0v) is 73.6. The molecule has 39 heteroatoms. The molecule has 0 aliphatic heterocycles. The van der Waals surface area contributed by atoms with Crippen molar-refractivity contribution in [3.8, 4) is 0 Å². The van der Waals surface area contributed by atoms with Crippen molar-refractivity contribution in [1.82, 2.24) is 73.0 Å². The minimum Gasteiger partial charge on any atom is -0.390 e. The second kappa shape index (κ2) is 38.3. The van der Waals surface area contributed by atoms with E-state index in [1.54, 1.807) is 133 Å². The van der Waals surface area contributed by atoms with Gasteiger partial charge in [-0.2, -0.15) is 11.8 Å². The van der Waals surface area contributed by atoms with Gasteiger partial charge in [0.2, 0.25) is 11.8 Å². The quantitative estimate of drug-likeness (QED) is 0.0147. The third kappa shape index (κ3) is 20.0. The van der Waals surface area contributed by atoms with Crippen LogP contribution < -0.4 is 63.8 Å². The molecule has 12 rings (SSSR count). The van der Waals surface area contributed by atoms with Crippen LogP contribution in [0.4, 0.5) is 44.2 Å². The Balaban J connectivity index is 0.492. The Morgan fingerprint density at radius 2 is 0.936 bits per heavy atom. The molecule has 14 N–H and O–H groups in total. The number of nitrogens with one attached hydrogen (secondary N) is 12. The lowest BCUT2D eigenvalue weighted by Gasteiger charge is -2.62. The summed E-state index contributed by atoms with van der Waals surface area (Å²) in [5.74, 6) is -5.64. The average molecular weight is 1760 g/mol. The van der Waals surface area contributed by atoms with E-state index in [2.05, 4.69) is 73.7 Å². The van der Waals surface area contributed by atoms with Gasteiger partial charge >= 0.3 is 0 Å². The number of alkyl halides is 1. The maximum Gasteiger partial charge on any atom is 0.291 e. The number of allylic oxidation sites excluding steroid dienone is 4. The third-order valence-electron chi connectivity index (χ3n) is 24.5. The number of aryl methyl sites for hydroxylation is 8. The van der Waals surface area contributed by atoms with Crippen molar-refractivity contribution < 1.29 is 72.1 Å². The lowest BCUT2D eigenvalue weighted by molar-refractivity contribution is -0.218. The van der Waals surface area contributed by atoms with Crippen LogP contribution in [0.3, 0.4) is 0 Å². The fourth-order valence-corrected chi connectivity index (χ4v) is 18.9. The van der Waals surface area contributed by atoms with Gasteiger partial charge in [-0.15, -0.1) is 0 Å². The number of aliphatic hydroxyl groups is 2. The van der Waals surface area contributed by atoms with Gasteiger partial charge in [0.05, 0.1) is 51.7 Å². The average Bonchev–Trinajstić information content (AvgIpc) is 1.58. The number of Topliss-reactive ketones (excluding diaryl/α,β-unsaturated/α-hetero) is 1. The highest BCUT2D eigenvalue weighted by Gasteiger charge is 2.75. The highest BCUT2D eigenvalue weighted by atomic mass is 32.2. The van der Waals surface area contributed by atoms with Gasteiger partial charge in [-0.1, -0.05) is 25.5 Å². The molecule has 4 aliphatic carbocycles. The number of imidazole rings is 1. The van der Waals surface area contributed by atoms with E-state index in [-0.39, 0.29) is 120 Å². The molecular weight excluding hydrogens is 1650 g/mol. The van der Waals surface area contributed by atoms with Gasteiger partial charge in [0.15, 0.2) is 28.2 Å². The number of anilines is 7. The number of hydrogen-bond donors (Lipinski definition) is 14. The van der Waals surface area contributed by atoms with Crippen LogP contribution in [-0.2, 0) is 75.6 Å². The Labute approximate surface area is 731 Å². The molecule has 0 aromatic carbocycles. The Kier molecular flexibility index (Phi) is 28.1. The number of ketones is 2. The first-order valence-electron chi connectivity index (χ1n) is 41.3. The number of amides is 10. The number of halogens is 1. The van der Waals surface area contributed by atoms with Gasteiger partial charge in [0.25, 0.3) is 47.3 Å². The molecule has 0 unspecified atom stereocenters. The lowest BCUT2D eigenvalue weighted by Crippen LogP contribution is -2.69. The summed E-state index contributed by atoms with van der Waals surface area (Å²) in [7, 11) is 15.1. The number of carbonyl (C=O) groups is 12. The van der Waals surface area contributed by atoms with Crippen LogP contribution in [0.5, 0.6) is 0 Å². The van der Waals surface area contributed by atoms with Crippen molar-refractivity contribution in [3.05, 3.63) is 168 Å². The first kappa shape index (κ1) is 91.7. The number of thioether (sulfide) groups is 1. The Morgan fingerprint density at radius 3 is 1.38 bits per heavy atom. The monoisotopic (exact) mass is 1760 g/mol. The first-order chi connectivity index (χ1) is 59.3. The smallest absolute Gasteiger partial charge is 0.291 e. The minimum absolute atomic E-state index is 0.0184. The summed E-state index contributed by atoms with van der Waals surface area (Å²) in [6, 6.07) is 10.5. The maximum atomic E-state index is 17.6. The predicted molar refractivity (Wildman–Crippen MR) is 474 cm³/mol. The van der Waals surface area contributed by atoms with E-state index in [1.165, 1.54) is 95.4 Å². The van der Waals surface area contributed by atoms with Crippen molar-refractivity contribution in [2.45, 2.75) is 95.9 Å². The molecule has 8 aromatic heterocycles. The van der Waals surface area contributed by atoms with Crippen molar-refractivity contribution >= 4 is 140 Å². The van der Waals surface area contributed by atoms with E-state index in [0.29, 0.717) is 102 Å². The topological polar surface area (TPSA) is 445 Å². The van der Waals surface area contributed by atoms with Gasteiger partial charge in [-0.05, 0) is 151 Å². The number of rotatable bonds is 36. The number of hydrogen-bond acceptors (Lipinski definition) is 18. The summed E-state index contributed by atoms with van der Waals surface area (Å²) in [5, 5.41) is 58.8. The van der Waals surface area contributed by atoms with E-state index < -0.39 is 87.3 Å². The first-order valence-corrected chi connectivity index (χ1v) is 42.8. The van der Waals surface area contributed by atoms with Gasteiger partial charge < -0.3 is 115 Å². The van der Waals surface area contributed by atoms with E-state index in [9.17, 15) is 67.7 Å². The number of aliphatic hydroxyl groups excluding tert-OH is 1. The van der Waals surface area contributed by atoms with Crippen LogP contribution in [0.1, 0.15) is 163 Å². The van der Waals surface area contributed by atoms with Gasteiger partial charge in [-0.25, -0.2) is 9.37 Å². The standard InChI is InChI=1S/C86H109FN22O14S2/c1-50-32-61-60-18-17-51-33-59(110)19-21-83(51,2)85(60,87)69(111)41-84(61,3)86(50,123)70(112)49-125-31-27-93-82(124)92-24-15-29-101(4)28-14-23-88-71(113)20-25-91-75(116)63-36-54(44-104(63)7)96-78(119)66-38-56(46-106(66)9)98-79(120)67-37-55(45-108(67)11)97-76(117)64-34-52(42-105(64)8)94-72(114)16-13-22-90-74(115)62-35-53(43-103(62)6)95-77(118)65-39-57(47-107(65)10)99-80(121)68-40-58(48-109(68)12)100-81(122)73-89-26-30-102(73)5/h19,21,26,30,33-40,42-48,50,60-61,69,111,123H,13-18,20,22-25,27-29,31-32,41,49H2,1-12H3,(H,88,113)(H,90,115)(H,91,116)(H,94,114)(H,95,118)(H,96,119)(H,97,117)(H,98,120)(H,99,121)(H,100,122)(H2,92,93,124)/t50-,60+,61+,69+,83+,84+,85+,86+/m1/s1. The molecule has 0 radical (unpaired) electrons. The molecule has 0 saturated heterocycles. The van der Waals surface area contributed by atoms with Crippen molar-refractivity contribution in [1.29, 1.82) is 0 Å².